The standard InChI is InChI=1S/C36H53ClNO3/c1-3-4-5-6-7-8-9-10-11-12-13-14-15-16-17-22-36(39)40-28-38(2)26-32-30-20-18-19-21-34(30)41-35-24-23-29(37)25-31(35)33(32)27-38/h18-21,23-25,32-33H,3-17,22,26-28H2,1-2H3/q+1/t32-,33?,38?/m1/s1. The van der Waals surface area contributed by atoms with E-state index in [1.165, 1.54) is 89.0 Å². The summed E-state index contributed by atoms with van der Waals surface area (Å²) in [6, 6.07) is 14.3. The van der Waals surface area contributed by atoms with E-state index < -0.39 is 0 Å². The second kappa shape index (κ2) is 16.6. The van der Waals surface area contributed by atoms with Gasteiger partial charge in [-0.3, -0.25) is 9.28 Å². The third kappa shape index (κ3) is 9.75. The summed E-state index contributed by atoms with van der Waals surface area (Å²) in [6.45, 7) is 4.50. The lowest BCUT2D eigenvalue weighted by Crippen LogP contribution is -2.44. The van der Waals surface area contributed by atoms with Crippen molar-refractivity contribution in [3.8, 4) is 11.5 Å². The van der Waals surface area contributed by atoms with Gasteiger partial charge in [-0.05, 0) is 30.7 Å². The van der Waals surface area contributed by atoms with Gasteiger partial charge in [-0.15, -0.1) is 0 Å². The van der Waals surface area contributed by atoms with E-state index in [1.54, 1.807) is 0 Å². The van der Waals surface area contributed by atoms with Crippen LogP contribution in [0.5, 0.6) is 11.5 Å². The number of unbranched alkanes of at least 4 members (excludes halogenated alkanes) is 14. The first kappa shape index (κ1) is 31.9. The van der Waals surface area contributed by atoms with Crippen LogP contribution in [0.4, 0.5) is 0 Å². The van der Waals surface area contributed by atoms with Crippen molar-refractivity contribution in [3.63, 3.8) is 0 Å². The molecule has 2 aliphatic heterocycles. The first-order valence-corrected chi connectivity index (χ1v) is 16.9. The van der Waals surface area contributed by atoms with Crippen LogP contribution in [-0.2, 0) is 9.53 Å². The predicted octanol–water partition coefficient (Wildman–Crippen LogP) is 10.5. The van der Waals surface area contributed by atoms with Crippen molar-refractivity contribution in [2.45, 2.75) is 121 Å². The molecule has 2 aromatic carbocycles. The molecule has 2 unspecified atom stereocenters. The van der Waals surface area contributed by atoms with Crippen LogP contribution in [0.25, 0.3) is 0 Å². The number of quaternary nitrogens is 1. The molecule has 0 bridgehead atoms. The monoisotopic (exact) mass is 582 g/mol. The summed E-state index contributed by atoms with van der Waals surface area (Å²) < 4.78 is 12.9. The lowest BCUT2D eigenvalue weighted by atomic mass is 9.84. The van der Waals surface area contributed by atoms with Gasteiger partial charge in [0, 0.05) is 34.4 Å². The Hall–Kier alpha value is -2.04. The number of nitrogens with zero attached hydrogens (tertiary/aromatic N) is 1. The maximum Gasteiger partial charge on any atom is 0.310 e. The molecule has 226 valence electrons. The van der Waals surface area contributed by atoms with Crippen LogP contribution < -0.4 is 4.74 Å². The molecule has 2 aliphatic rings. The molecule has 1 fully saturated rings. The number of hydrogen-bond donors (Lipinski definition) is 0. The summed E-state index contributed by atoms with van der Waals surface area (Å²) in [5.74, 6) is 2.31. The Morgan fingerprint density at radius 2 is 1.32 bits per heavy atom. The van der Waals surface area contributed by atoms with Gasteiger partial charge in [0.05, 0.1) is 20.1 Å². The number of benzene rings is 2. The minimum atomic E-state index is -0.0571. The van der Waals surface area contributed by atoms with Crippen LogP contribution in [0.1, 0.15) is 133 Å². The molecule has 0 saturated carbocycles. The first-order chi connectivity index (χ1) is 20.0. The second-order valence-electron chi connectivity index (χ2n) is 12.9. The zero-order valence-corrected chi connectivity index (χ0v) is 26.4. The average Bonchev–Trinajstić information content (AvgIpc) is 3.27. The minimum Gasteiger partial charge on any atom is -0.457 e. The fraction of sp³-hybridized carbons (Fsp3) is 0.639. The summed E-state index contributed by atoms with van der Waals surface area (Å²) >= 11 is 6.41. The van der Waals surface area contributed by atoms with E-state index in [-0.39, 0.29) is 11.9 Å². The van der Waals surface area contributed by atoms with Gasteiger partial charge in [0.25, 0.3) is 0 Å². The number of carbonyl (C=O) groups is 1. The molecule has 0 N–H and O–H groups in total. The highest BCUT2D eigenvalue weighted by Gasteiger charge is 2.48. The third-order valence-electron chi connectivity index (χ3n) is 9.19. The van der Waals surface area contributed by atoms with E-state index in [0.717, 1.165) is 48.0 Å². The molecule has 1 saturated heterocycles. The fourth-order valence-corrected chi connectivity index (χ4v) is 7.04. The maximum absolute atomic E-state index is 12.6. The first-order valence-electron chi connectivity index (χ1n) is 16.5. The molecule has 4 nitrogen and oxygen atoms in total. The number of likely N-dealkylation sites (N-methyl/N-ethyl adjacent to an activating group) is 1. The van der Waals surface area contributed by atoms with Crippen molar-refractivity contribution in [3.05, 3.63) is 58.6 Å². The smallest absolute Gasteiger partial charge is 0.310 e. The molecule has 0 radical (unpaired) electrons. The van der Waals surface area contributed by atoms with Gasteiger partial charge in [0.2, 0.25) is 6.73 Å². The number of rotatable bonds is 18. The minimum absolute atomic E-state index is 0.0571. The van der Waals surface area contributed by atoms with Gasteiger partial charge in [0.1, 0.15) is 11.5 Å². The van der Waals surface area contributed by atoms with Crippen molar-refractivity contribution >= 4 is 17.6 Å². The van der Waals surface area contributed by atoms with Gasteiger partial charge >= 0.3 is 5.97 Å². The van der Waals surface area contributed by atoms with E-state index in [4.69, 9.17) is 21.1 Å². The van der Waals surface area contributed by atoms with Gasteiger partial charge in [-0.2, -0.15) is 0 Å². The SMILES string of the molecule is CCCCCCCCCCCCCCCCCC(=O)OC[N+]1(C)CC2c3cc(Cl)ccc3Oc3ccccc3[C@H]2C1. The number of carbonyl (C=O) groups excluding carboxylic acids is 1. The summed E-state index contributed by atoms with van der Waals surface area (Å²) in [5, 5.41) is 0.730. The molecule has 0 amide bonds. The number of esters is 1. The Kier molecular flexibility index (Phi) is 12.9. The number of para-hydroxylation sites is 1. The number of halogens is 1. The molecule has 3 atom stereocenters. The highest BCUT2D eigenvalue weighted by atomic mass is 35.5. The Morgan fingerprint density at radius 3 is 1.95 bits per heavy atom. The summed E-state index contributed by atoms with van der Waals surface area (Å²) in [7, 11) is 2.21. The van der Waals surface area contributed by atoms with Crippen LogP contribution in [0, 0.1) is 0 Å². The predicted molar refractivity (Wildman–Crippen MR) is 170 cm³/mol. The van der Waals surface area contributed by atoms with E-state index in [1.807, 2.05) is 18.2 Å². The molecule has 0 aliphatic carbocycles. The van der Waals surface area contributed by atoms with Crippen molar-refractivity contribution in [1.29, 1.82) is 0 Å². The molecule has 2 aromatic rings. The molecule has 41 heavy (non-hydrogen) atoms. The topological polar surface area (TPSA) is 35.5 Å². The van der Waals surface area contributed by atoms with Crippen LogP contribution in [-0.4, -0.2) is 37.3 Å². The zero-order valence-electron chi connectivity index (χ0n) is 25.7. The number of ether oxygens (including phenoxy) is 2. The summed E-state index contributed by atoms with van der Waals surface area (Å²) in [5.41, 5.74) is 2.39. The number of fused-ring (bicyclic) bond motifs is 5. The molecular formula is C36H53ClNO3+. The Morgan fingerprint density at radius 1 is 0.780 bits per heavy atom. The highest BCUT2D eigenvalue weighted by Crippen LogP contribution is 2.51. The summed E-state index contributed by atoms with van der Waals surface area (Å²) in [4.78, 5) is 12.6. The normalized spacial score (nSPS) is 21.0. The molecular weight excluding hydrogens is 530 g/mol. The lowest BCUT2D eigenvalue weighted by molar-refractivity contribution is -0.915. The quantitative estimate of drug-likeness (QED) is 0.0996. The highest BCUT2D eigenvalue weighted by molar-refractivity contribution is 6.30. The third-order valence-corrected chi connectivity index (χ3v) is 9.43. The zero-order chi connectivity index (χ0) is 28.9. The molecule has 4 rings (SSSR count). The van der Waals surface area contributed by atoms with E-state index in [9.17, 15) is 4.79 Å². The van der Waals surface area contributed by atoms with E-state index in [2.05, 4.69) is 38.2 Å². The van der Waals surface area contributed by atoms with Crippen LogP contribution in [0.15, 0.2) is 42.5 Å². The van der Waals surface area contributed by atoms with Gasteiger partial charge in [-0.1, -0.05) is 127 Å². The van der Waals surface area contributed by atoms with Crippen molar-refractivity contribution < 1.29 is 18.8 Å². The number of likely N-dealkylation sites (tertiary alicyclic amines) is 1. The number of hydrogen-bond acceptors (Lipinski definition) is 3. The Balaban J connectivity index is 1.11. The largest absolute Gasteiger partial charge is 0.457 e. The van der Waals surface area contributed by atoms with Gasteiger partial charge in [0.15, 0.2) is 0 Å². The molecule has 0 spiro atoms. The lowest BCUT2D eigenvalue weighted by Gasteiger charge is -2.29. The maximum atomic E-state index is 12.6. The van der Waals surface area contributed by atoms with Gasteiger partial charge < -0.3 is 9.47 Å². The molecule has 0 aromatic heterocycles. The van der Waals surface area contributed by atoms with Crippen LogP contribution in [0.2, 0.25) is 5.02 Å². The van der Waals surface area contributed by atoms with Crippen LogP contribution >= 0.6 is 11.6 Å². The average molecular weight is 583 g/mol. The molecule has 2 heterocycles. The Bertz CT molecular complexity index is 1090. The van der Waals surface area contributed by atoms with E-state index in [0.29, 0.717) is 23.6 Å². The van der Waals surface area contributed by atoms with Gasteiger partial charge in [-0.25, -0.2) is 0 Å². The van der Waals surface area contributed by atoms with Crippen molar-refractivity contribution in [2.24, 2.45) is 0 Å². The van der Waals surface area contributed by atoms with Crippen molar-refractivity contribution in [2.75, 3.05) is 26.9 Å². The van der Waals surface area contributed by atoms with Crippen molar-refractivity contribution in [1.82, 2.24) is 0 Å². The summed E-state index contributed by atoms with van der Waals surface area (Å²) in [6.07, 6.45) is 20.4. The second-order valence-corrected chi connectivity index (χ2v) is 13.3. The van der Waals surface area contributed by atoms with Crippen LogP contribution in [0.3, 0.4) is 0 Å². The Labute approximate surface area is 254 Å². The fourth-order valence-electron chi connectivity index (χ4n) is 6.86. The molecule has 5 heteroatoms. The van der Waals surface area contributed by atoms with E-state index >= 15 is 0 Å².